The molecule has 0 fully saturated rings. The van der Waals surface area contributed by atoms with Gasteiger partial charge in [-0.1, -0.05) is 98.0 Å². The minimum Gasteiger partial charge on any atom is -0.342 e. The summed E-state index contributed by atoms with van der Waals surface area (Å²) in [6.45, 7) is 4.82. The Balaban J connectivity index is 1.23. The molecule has 48 heavy (non-hydrogen) atoms. The van der Waals surface area contributed by atoms with Crippen molar-refractivity contribution in [3.63, 3.8) is 0 Å². The van der Waals surface area contributed by atoms with Crippen molar-refractivity contribution in [2.75, 3.05) is 0 Å². The van der Waals surface area contributed by atoms with Gasteiger partial charge in [0.15, 0.2) is 0 Å². The van der Waals surface area contributed by atoms with Crippen LogP contribution in [0.15, 0.2) is 119 Å². The van der Waals surface area contributed by atoms with Gasteiger partial charge >= 0.3 is 0 Å². The maximum absolute atomic E-state index is 5.64. The summed E-state index contributed by atoms with van der Waals surface area (Å²) in [6.07, 6.45) is 36.7. The number of aliphatic imine (C=N–C) groups is 1. The summed E-state index contributed by atoms with van der Waals surface area (Å²) in [5, 5.41) is 4.17. The van der Waals surface area contributed by atoms with Gasteiger partial charge in [-0.3, -0.25) is 4.57 Å². The number of rotatable bonds is 2. The van der Waals surface area contributed by atoms with Crippen molar-refractivity contribution in [3.05, 3.63) is 142 Å². The second-order valence-electron chi connectivity index (χ2n) is 15.5. The van der Waals surface area contributed by atoms with Crippen molar-refractivity contribution >= 4 is 17.7 Å². The summed E-state index contributed by atoms with van der Waals surface area (Å²) in [4.78, 5) is 8.42. The second kappa shape index (κ2) is 10.9. The zero-order valence-corrected chi connectivity index (χ0v) is 28.3. The molecule has 6 atom stereocenters. The van der Waals surface area contributed by atoms with E-state index in [4.69, 9.17) is 4.99 Å². The highest BCUT2D eigenvalue weighted by atomic mass is 15.3. The quantitative estimate of drug-likeness (QED) is 0.358. The average Bonchev–Trinajstić information content (AvgIpc) is 3.66. The molecule has 6 aliphatic carbocycles. The lowest BCUT2D eigenvalue weighted by atomic mass is 9.75. The molecule has 242 valence electrons. The molecule has 1 aromatic heterocycles. The Morgan fingerprint density at radius 3 is 2.52 bits per heavy atom. The molecular formula is C44H46N4. The molecule has 2 aromatic rings. The fourth-order valence-corrected chi connectivity index (χ4v) is 10.3. The SMILES string of the molecule is CC1CC=C(N2C3=C(CCc4c5c(n(C6=NC7=C(CCCC7)C(C)(c7ccccc7)N6)c43)C=CC3C=CC=CC53)C3C=CC=CC32)CC1. The van der Waals surface area contributed by atoms with E-state index >= 15 is 0 Å². The first kappa shape index (κ1) is 28.7. The van der Waals surface area contributed by atoms with Gasteiger partial charge in [0, 0.05) is 29.1 Å². The highest BCUT2D eigenvalue weighted by Gasteiger charge is 2.48. The van der Waals surface area contributed by atoms with Gasteiger partial charge in [-0.25, -0.2) is 4.99 Å². The molecule has 3 heterocycles. The molecule has 0 saturated carbocycles. The lowest BCUT2D eigenvalue weighted by Gasteiger charge is -2.42. The van der Waals surface area contributed by atoms with E-state index in [-0.39, 0.29) is 5.54 Å². The Labute approximate surface area is 285 Å². The second-order valence-corrected chi connectivity index (χ2v) is 15.5. The van der Waals surface area contributed by atoms with Gasteiger partial charge in [0.1, 0.15) is 0 Å². The summed E-state index contributed by atoms with van der Waals surface area (Å²) in [5.74, 6) is 2.93. The maximum Gasteiger partial charge on any atom is 0.209 e. The molecule has 1 N–H and O–H groups in total. The molecule has 10 rings (SSSR count). The predicted octanol–water partition coefficient (Wildman–Crippen LogP) is 9.68. The summed E-state index contributed by atoms with van der Waals surface area (Å²) in [6, 6.07) is 11.5. The van der Waals surface area contributed by atoms with E-state index in [1.54, 1.807) is 11.1 Å². The maximum atomic E-state index is 5.64. The van der Waals surface area contributed by atoms with Crippen LogP contribution in [0, 0.1) is 17.8 Å². The molecule has 0 bridgehead atoms. The van der Waals surface area contributed by atoms with Gasteiger partial charge in [0.2, 0.25) is 5.96 Å². The van der Waals surface area contributed by atoms with Crippen LogP contribution < -0.4 is 5.32 Å². The van der Waals surface area contributed by atoms with Gasteiger partial charge in [-0.2, -0.15) is 0 Å². The van der Waals surface area contributed by atoms with E-state index < -0.39 is 0 Å². The molecule has 2 aliphatic heterocycles. The standard InChI is InChI=1S/C44H46N4/c1-28-20-23-31(24-21-28)47-38-19-11-8-16-33(38)34-25-26-35-40-32-15-7-6-12-29(32)22-27-39(40)48(42(35)41(34)47)43-45-37-18-10-9-17-36(37)44(2,46-43)30-13-4-3-5-14-30/h3-8,11-16,19,22-23,27-29,32-33,38H,9-10,17-18,20-21,24-26H2,1-2H3,(H,45,46). The minimum atomic E-state index is -0.310. The number of nitrogens with zero attached hydrogens (tertiary/aromatic N) is 3. The Bertz CT molecular complexity index is 1990. The van der Waals surface area contributed by atoms with E-state index in [1.807, 2.05) is 0 Å². The molecule has 0 spiro atoms. The van der Waals surface area contributed by atoms with E-state index in [0.717, 1.165) is 44.0 Å². The molecule has 0 radical (unpaired) electrons. The van der Waals surface area contributed by atoms with Crippen LogP contribution in [0.4, 0.5) is 0 Å². The fraction of sp³-hybridized carbons (Fsp3) is 0.386. The van der Waals surface area contributed by atoms with Crippen molar-refractivity contribution < 1.29 is 0 Å². The van der Waals surface area contributed by atoms with Gasteiger partial charge in [-0.05, 0) is 105 Å². The van der Waals surface area contributed by atoms with Crippen LogP contribution in [0.1, 0.15) is 99.2 Å². The van der Waals surface area contributed by atoms with E-state index in [0.29, 0.717) is 23.8 Å². The lowest BCUT2D eigenvalue weighted by molar-refractivity contribution is 0.357. The van der Waals surface area contributed by atoms with Crippen molar-refractivity contribution in [3.8, 4) is 0 Å². The fourth-order valence-electron chi connectivity index (χ4n) is 10.3. The van der Waals surface area contributed by atoms with Crippen LogP contribution >= 0.6 is 0 Å². The molecule has 0 amide bonds. The van der Waals surface area contributed by atoms with Gasteiger partial charge in [0.05, 0.1) is 28.7 Å². The van der Waals surface area contributed by atoms with Crippen LogP contribution in [0.5, 0.6) is 0 Å². The van der Waals surface area contributed by atoms with E-state index in [2.05, 4.69) is 126 Å². The molecule has 4 nitrogen and oxygen atoms in total. The number of fused-ring (bicyclic) bond motifs is 8. The molecular weight excluding hydrogens is 585 g/mol. The van der Waals surface area contributed by atoms with Crippen LogP contribution in [-0.4, -0.2) is 21.5 Å². The van der Waals surface area contributed by atoms with Gasteiger partial charge < -0.3 is 10.2 Å². The largest absolute Gasteiger partial charge is 0.342 e. The third-order valence-corrected chi connectivity index (χ3v) is 12.7. The van der Waals surface area contributed by atoms with E-state index in [9.17, 15) is 0 Å². The highest BCUT2D eigenvalue weighted by molar-refractivity contribution is 5.95. The van der Waals surface area contributed by atoms with E-state index in [1.165, 1.54) is 70.9 Å². The summed E-state index contributed by atoms with van der Waals surface area (Å²) < 4.78 is 2.60. The minimum absolute atomic E-state index is 0.310. The van der Waals surface area contributed by atoms with Crippen LogP contribution in [0.3, 0.4) is 0 Å². The van der Waals surface area contributed by atoms with Gasteiger partial charge in [-0.15, -0.1) is 0 Å². The van der Waals surface area contributed by atoms with Gasteiger partial charge in [0.25, 0.3) is 0 Å². The number of hydrogen-bond acceptors (Lipinski definition) is 3. The number of benzene rings is 1. The first-order valence-electron chi connectivity index (χ1n) is 18.6. The monoisotopic (exact) mass is 630 g/mol. The van der Waals surface area contributed by atoms with Crippen LogP contribution in [0.25, 0.3) is 11.8 Å². The molecule has 6 unspecified atom stereocenters. The Hall–Kier alpha value is -4.31. The third kappa shape index (κ3) is 4.10. The molecule has 1 aromatic carbocycles. The molecule has 8 aliphatic rings. The highest BCUT2D eigenvalue weighted by Crippen LogP contribution is 2.55. The summed E-state index contributed by atoms with van der Waals surface area (Å²) >= 11 is 0. The van der Waals surface area contributed by atoms with Crippen molar-refractivity contribution in [2.45, 2.75) is 89.1 Å². The molecule has 0 saturated heterocycles. The predicted molar refractivity (Wildman–Crippen MR) is 197 cm³/mol. The Morgan fingerprint density at radius 1 is 0.854 bits per heavy atom. The van der Waals surface area contributed by atoms with Crippen LogP contribution in [0.2, 0.25) is 0 Å². The zero-order valence-electron chi connectivity index (χ0n) is 28.3. The van der Waals surface area contributed by atoms with Crippen LogP contribution in [-0.2, 0) is 12.0 Å². The summed E-state index contributed by atoms with van der Waals surface area (Å²) in [5.41, 5.74) is 14.2. The number of allylic oxidation sites excluding steroid dienone is 10. The first-order valence-corrected chi connectivity index (χ1v) is 18.6. The number of nitrogens with one attached hydrogen (secondary N) is 1. The Morgan fingerprint density at radius 2 is 1.67 bits per heavy atom. The third-order valence-electron chi connectivity index (χ3n) is 12.7. The normalized spacial score (nSPS) is 32.5. The van der Waals surface area contributed by atoms with Crippen molar-refractivity contribution in [1.29, 1.82) is 0 Å². The van der Waals surface area contributed by atoms with Crippen molar-refractivity contribution in [2.24, 2.45) is 22.7 Å². The number of aromatic nitrogens is 1. The smallest absolute Gasteiger partial charge is 0.209 e. The lowest BCUT2D eigenvalue weighted by Crippen LogP contribution is -2.51. The topological polar surface area (TPSA) is 32.6 Å². The Kier molecular flexibility index (Phi) is 6.48. The first-order chi connectivity index (χ1) is 23.6. The number of hydrogen-bond donors (Lipinski definition) is 1. The molecule has 4 heteroatoms. The zero-order chi connectivity index (χ0) is 32.0. The summed E-state index contributed by atoms with van der Waals surface area (Å²) in [7, 11) is 0. The average molecular weight is 631 g/mol. The van der Waals surface area contributed by atoms with Crippen molar-refractivity contribution in [1.82, 2.24) is 14.8 Å².